The molecule has 0 unspecified atom stereocenters. The predicted octanol–water partition coefficient (Wildman–Crippen LogP) is 6.18. The molecule has 2 N–H and O–H groups in total. The lowest BCUT2D eigenvalue weighted by molar-refractivity contribution is -0.143. The third kappa shape index (κ3) is 8.56. The summed E-state index contributed by atoms with van der Waals surface area (Å²) in [6.45, 7) is -1.63. The molecule has 0 saturated carbocycles. The molecule has 0 bridgehead atoms. The Hall–Kier alpha value is -4.36. The average molecular weight is 589 g/mol. The van der Waals surface area contributed by atoms with Crippen molar-refractivity contribution in [2.45, 2.75) is 24.9 Å². The zero-order valence-electron chi connectivity index (χ0n) is 20.7. The minimum atomic E-state index is -4.92. The third-order valence-corrected chi connectivity index (χ3v) is 5.53. The van der Waals surface area contributed by atoms with Gasteiger partial charge in [0.2, 0.25) is 11.8 Å². The van der Waals surface area contributed by atoms with Crippen molar-refractivity contribution in [1.82, 2.24) is 0 Å². The molecule has 3 aromatic rings. The number of para-hydroxylation sites is 1. The summed E-state index contributed by atoms with van der Waals surface area (Å²) in [5.41, 5.74) is 3.43. The van der Waals surface area contributed by atoms with Crippen LogP contribution in [0.15, 0.2) is 77.8 Å². The van der Waals surface area contributed by atoms with Gasteiger partial charge in [0.25, 0.3) is 0 Å². The minimum absolute atomic E-state index is 0.00943. The van der Waals surface area contributed by atoms with E-state index in [-0.39, 0.29) is 18.3 Å². The first kappa shape index (κ1) is 31.2. The summed E-state index contributed by atoms with van der Waals surface area (Å²) in [7, 11) is 0. The van der Waals surface area contributed by atoms with Gasteiger partial charge in [0.1, 0.15) is 13.1 Å². The number of anilines is 1. The quantitative estimate of drug-likeness (QED) is 0.369. The van der Waals surface area contributed by atoms with Crippen molar-refractivity contribution in [3.63, 3.8) is 0 Å². The summed E-state index contributed by atoms with van der Waals surface area (Å²) in [5, 5.41) is 0. The van der Waals surface area contributed by atoms with E-state index in [0.717, 1.165) is 10.5 Å². The van der Waals surface area contributed by atoms with Gasteiger partial charge in [-0.1, -0.05) is 48.5 Å². The molecule has 0 saturated heterocycles. The number of hydrogen-bond acceptors (Lipinski definition) is 3. The van der Waals surface area contributed by atoms with Gasteiger partial charge in [-0.2, -0.15) is 39.5 Å². The molecule has 0 atom stereocenters. The van der Waals surface area contributed by atoms with Crippen molar-refractivity contribution in [2.24, 2.45) is 10.7 Å². The van der Waals surface area contributed by atoms with Crippen molar-refractivity contribution in [3.05, 3.63) is 101 Å². The fourth-order valence-corrected chi connectivity index (χ4v) is 3.88. The Morgan fingerprint density at radius 2 is 1.34 bits per heavy atom. The molecule has 0 radical (unpaired) electrons. The molecule has 0 aliphatic carbocycles. The Balaban J connectivity index is 0.000000233. The van der Waals surface area contributed by atoms with Crippen molar-refractivity contribution < 1.29 is 49.1 Å². The zero-order valence-corrected chi connectivity index (χ0v) is 20.7. The first-order valence-corrected chi connectivity index (χ1v) is 11.6. The van der Waals surface area contributed by atoms with Crippen LogP contribution in [-0.4, -0.2) is 36.8 Å². The van der Waals surface area contributed by atoms with Crippen LogP contribution in [0.4, 0.5) is 45.2 Å². The van der Waals surface area contributed by atoms with Gasteiger partial charge in [-0.15, -0.1) is 0 Å². The monoisotopic (exact) mass is 589 g/mol. The summed E-state index contributed by atoms with van der Waals surface area (Å²) in [6, 6.07) is 16.6. The van der Waals surface area contributed by atoms with Crippen LogP contribution in [0, 0.1) is 0 Å². The number of benzene rings is 3. The highest BCUT2D eigenvalue weighted by molar-refractivity contribution is 6.19. The predicted molar refractivity (Wildman–Crippen MR) is 131 cm³/mol. The molecule has 4 rings (SSSR count). The molecule has 0 fully saturated rings. The Kier molecular flexibility index (Phi) is 9.14. The highest BCUT2D eigenvalue weighted by Gasteiger charge is 2.37. The number of fused-ring (bicyclic) bond motifs is 1. The summed E-state index contributed by atoms with van der Waals surface area (Å²) in [4.78, 5) is 27.7. The van der Waals surface area contributed by atoms with E-state index in [0.29, 0.717) is 23.4 Å². The standard InChI is InChI=1S/C17H13F3N2O.C10H7F6NO/c18-17(19,20)11-22-14-9-5-4-8-13(14)16(21-10-15(22)23)12-6-2-1-3-7-12;11-9(12,13)6-1-5(3-8(17)18)2-7(4-6)10(14,15)16/h1-9H,10-11H2;1-2,4H,3H2,(H2,17,18). The molecule has 14 heteroatoms. The molecule has 0 aromatic heterocycles. The van der Waals surface area contributed by atoms with Crippen LogP contribution in [0.25, 0.3) is 0 Å². The lowest BCUT2D eigenvalue weighted by atomic mass is 10.0. The van der Waals surface area contributed by atoms with Crippen LogP contribution < -0.4 is 10.6 Å². The van der Waals surface area contributed by atoms with Gasteiger partial charge in [0.05, 0.1) is 28.9 Å². The van der Waals surface area contributed by atoms with Gasteiger partial charge in [-0.05, 0) is 29.8 Å². The van der Waals surface area contributed by atoms with E-state index in [4.69, 9.17) is 5.73 Å². The van der Waals surface area contributed by atoms with Crippen molar-refractivity contribution in [2.75, 3.05) is 18.0 Å². The Morgan fingerprint density at radius 3 is 1.85 bits per heavy atom. The number of amides is 2. The molecule has 2 amide bonds. The maximum Gasteiger partial charge on any atom is 0.416 e. The Bertz CT molecular complexity index is 1400. The average Bonchev–Trinajstić information content (AvgIpc) is 2.99. The second-order valence-corrected chi connectivity index (χ2v) is 8.70. The van der Waals surface area contributed by atoms with Crippen molar-refractivity contribution >= 4 is 23.2 Å². The van der Waals surface area contributed by atoms with E-state index in [9.17, 15) is 49.1 Å². The second kappa shape index (κ2) is 12.0. The summed E-state index contributed by atoms with van der Waals surface area (Å²) in [5.74, 6) is -1.68. The van der Waals surface area contributed by atoms with Gasteiger partial charge in [0, 0.05) is 11.1 Å². The van der Waals surface area contributed by atoms with Gasteiger partial charge in [-0.3, -0.25) is 14.6 Å². The minimum Gasteiger partial charge on any atom is -0.369 e. The highest BCUT2D eigenvalue weighted by atomic mass is 19.4. The number of alkyl halides is 9. The maximum atomic E-state index is 12.8. The number of primary amides is 1. The number of carbonyl (C=O) groups is 2. The lowest BCUT2D eigenvalue weighted by Crippen LogP contribution is -2.40. The number of rotatable bonds is 4. The molecule has 1 heterocycles. The molecule has 1 aliphatic rings. The van der Waals surface area contributed by atoms with Gasteiger partial charge in [0.15, 0.2) is 0 Å². The summed E-state index contributed by atoms with van der Waals surface area (Å²) < 4.78 is 113. The van der Waals surface area contributed by atoms with Gasteiger partial charge < -0.3 is 10.6 Å². The summed E-state index contributed by atoms with van der Waals surface area (Å²) >= 11 is 0. The SMILES string of the molecule is NC(=O)Cc1cc(C(F)(F)F)cc(C(F)(F)F)c1.O=C1CN=C(c2ccccc2)c2ccccc2N1CC(F)(F)F. The number of hydrogen-bond donors (Lipinski definition) is 1. The lowest BCUT2D eigenvalue weighted by Gasteiger charge is -2.24. The maximum absolute atomic E-state index is 12.8. The number of nitrogens with two attached hydrogens (primary N) is 1. The molecule has 0 spiro atoms. The highest BCUT2D eigenvalue weighted by Crippen LogP contribution is 2.36. The van der Waals surface area contributed by atoms with Crippen LogP contribution >= 0.6 is 0 Å². The second-order valence-electron chi connectivity index (χ2n) is 8.70. The largest absolute Gasteiger partial charge is 0.416 e. The zero-order chi connectivity index (χ0) is 30.6. The molecule has 5 nitrogen and oxygen atoms in total. The normalized spacial score (nSPS) is 13.9. The first-order valence-electron chi connectivity index (χ1n) is 11.6. The number of halogens is 9. The van der Waals surface area contributed by atoms with Crippen LogP contribution in [0.3, 0.4) is 0 Å². The van der Waals surface area contributed by atoms with E-state index in [1.54, 1.807) is 18.2 Å². The number of nitrogens with zero attached hydrogens (tertiary/aromatic N) is 2. The van der Waals surface area contributed by atoms with Gasteiger partial charge >= 0.3 is 18.5 Å². The van der Waals surface area contributed by atoms with Gasteiger partial charge in [-0.25, -0.2) is 0 Å². The van der Waals surface area contributed by atoms with E-state index >= 15 is 0 Å². The smallest absolute Gasteiger partial charge is 0.369 e. The Labute approximate surface area is 227 Å². The number of aliphatic imine (C=N–C) groups is 1. The van der Waals surface area contributed by atoms with E-state index < -0.39 is 60.0 Å². The van der Waals surface area contributed by atoms with Crippen molar-refractivity contribution in [3.8, 4) is 0 Å². The molecule has 1 aliphatic heterocycles. The summed E-state index contributed by atoms with van der Waals surface area (Å²) in [6.07, 6.45) is -15.0. The number of carbonyl (C=O) groups excluding carboxylic acids is 2. The first-order chi connectivity index (χ1) is 19.0. The third-order valence-electron chi connectivity index (χ3n) is 5.53. The molecule has 41 heavy (non-hydrogen) atoms. The van der Waals surface area contributed by atoms with Crippen LogP contribution in [-0.2, 0) is 28.4 Å². The molecular weight excluding hydrogens is 569 g/mol. The van der Waals surface area contributed by atoms with Crippen LogP contribution in [0.5, 0.6) is 0 Å². The Morgan fingerprint density at radius 1 is 0.805 bits per heavy atom. The molecular formula is C27H20F9N3O2. The van der Waals surface area contributed by atoms with E-state index in [1.807, 2.05) is 30.3 Å². The number of benzodiazepines with no additional fused rings is 1. The van der Waals surface area contributed by atoms with Crippen molar-refractivity contribution in [1.29, 1.82) is 0 Å². The van der Waals surface area contributed by atoms with E-state index in [2.05, 4.69) is 4.99 Å². The van der Waals surface area contributed by atoms with E-state index in [1.165, 1.54) is 6.07 Å². The fraction of sp³-hybridized carbons (Fsp3) is 0.222. The molecule has 3 aromatic carbocycles. The van der Waals surface area contributed by atoms with Crippen LogP contribution in [0.2, 0.25) is 0 Å². The van der Waals surface area contributed by atoms with Crippen LogP contribution in [0.1, 0.15) is 27.8 Å². The fourth-order valence-electron chi connectivity index (χ4n) is 3.88. The molecule has 218 valence electrons. The topological polar surface area (TPSA) is 75.8 Å².